The first-order chi connectivity index (χ1) is 12.0. The van der Waals surface area contributed by atoms with Crippen LogP contribution in [0.15, 0.2) is 24.3 Å². The van der Waals surface area contributed by atoms with Gasteiger partial charge in [-0.25, -0.2) is 6.57 Å². The Morgan fingerprint density at radius 3 is 2.64 bits per heavy atom. The predicted octanol–water partition coefficient (Wildman–Crippen LogP) is 3.95. The molecule has 1 amide bonds. The largest absolute Gasteiger partial charge is 0.342 e. The van der Waals surface area contributed by atoms with Crippen LogP contribution in [0, 0.1) is 6.57 Å². The van der Waals surface area contributed by atoms with Gasteiger partial charge in [-0.15, -0.1) is 0 Å². The summed E-state index contributed by atoms with van der Waals surface area (Å²) in [7, 11) is 0. The van der Waals surface area contributed by atoms with Gasteiger partial charge in [0.05, 0.1) is 0 Å². The zero-order chi connectivity index (χ0) is 17.9. The maximum Gasteiger partial charge on any atom is 0.257 e. The molecule has 1 heterocycles. The molecule has 0 unspecified atom stereocenters. The Labute approximate surface area is 155 Å². The molecule has 3 rings (SSSR count). The molecular weight excluding hydrogens is 334 g/mol. The molecule has 0 bridgehead atoms. The average Bonchev–Trinajstić information content (AvgIpc) is 2.88. The SMILES string of the molecule is [C-]#[N+]C1(c2cccc(Cl)c2)CCC(N2CCCN(C(C)=O)CC2)CC1. The Kier molecular flexibility index (Phi) is 5.66. The summed E-state index contributed by atoms with van der Waals surface area (Å²) in [4.78, 5) is 20.1. The zero-order valence-electron chi connectivity index (χ0n) is 14.9. The fraction of sp³-hybridized carbons (Fsp3) is 0.600. The van der Waals surface area contributed by atoms with Gasteiger partial charge < -0.3 is 9.74 Å². The van der Waals surface area contributed by atoms with Crippen LogP contribution < -0.4 is 0 Å². The third kappa shape index (κ3) is 3.99. The molecule has 1 aliphatic heterocycles. The van der Waals surface area contributed by atoms with E-state index < -0.39 is 5.54 Å². The van der Waals surface area contributed by atoms with E-state index in [-0.39, 0.29) is 5.91 Å². The maximum absolute atomic E-state index is 11.6. The lowest BCUT2D eigenvalue weighted by molar-refractivity contribution is -0.128. The Morgan fingerprint density at radius 2 is 2.00 bits per heavy atom. The molecule has 0 N–H and O–H groups in total. The van der Waals surface area contributed by atoms with E-state index in [9.17, 15) is 4.79 Å². The van der Waals surface area contributed by atoms with Crippen molar-refractivity contribution in [3.63, 3.8) is 0 Å². The molecule has 0 atom stereocenters. The molecule has 1 aromatic rings. The third-order valence-electron chi connectivity index (χ3n) is 5.85. The number of carbonyl (C=O) groups excluding carboxylic acids is 1. The molecule has 4 nitrogen and oxygen atoms in total. The molecule has 2 fully saturated rings. The first-order valence-corrected chi connectivity index (χ1v) is 9.56. The van der Waals surface area contributed by atoms with Gasteiger partial charge in [-0.1, -0.05) is 23.7 Å². The van der Waals surface area contributed by atoms with Crippen molar-refractivity contribution in [1.29, 1.82) is 0 Å². The summed E-state index contributed by atoms with van der Waals surface area (Å²) >= 11 is 6.15. The van der Waals surface area contributed by atoms with Gasteiger partial charge in [0.1, 0.15) is 0 Å². The van der Waals surface area contributed by atoms with Gasteiger partial charge in [-0.3, -0.25) is 9.69 Å². The Hall–Kier alpha value is -1.57. The monoisotopic (exact) mass is 359 g/mol. The highest BCUT2D eigenvalue weighted by Crippen LogP contribution is 2.42. The molecular formula is C20H26ClN3O. The summed E-state index contributed by atoms with van der Waals surface area (Å²) in [6.45, 7) is 13.2. The molecule has 1 saturated carbocycles. The standard InChI is InChI=1S/C20H26ClN3O/c1-16(25)23-11-4-12-24(14-13-23)19-7-9-20(22-2,10-8-19)17-5-3-6-18(21)15-17/h3,5-6,15,19H,4,7-14H2,1H3. The van der Waals surface area contributed by atoms with Crippen LogP contribution in [0.25, 0.3) is 4.85 Å². The minimum Gasteiger partial charge on any atom is -0.342 e. The van der Waals surface area contributed by atoms with Gasteiger partial charge in [-0.05, 0) is 31.4 Å². The van der Waals surface area contributed by atoms with Crippen molar-refractivity contribution < 1.29 is 4.79 Å². The molecule has 0 radical (unpaired) electrons. The number of carbonyl (C=O) groups is 1. The number of halogens is 1. The van der Waals surface area contributed by atoms with E-state index in [0.29, 0.717) is 11.1 Å². The number of amides is 1. The number of nitrogens with zero attached hydrogens (tertiary/aromatic N) is 3. The van der Waals surface area contributed by atoms with Gasteiger partial charge >= 0.3 is 0 Å². The fourth-order valence-electron chi connectivity index (χ4n) is 4.31. The van der Waals surface area contributed by atoms with Crippen molar-refractivity contribution in [3.8, 4) is 0 Å². The minimum atomic E-state index is -0.418. The van der Waals surface area contributed by atoms with Crippen LogP contribution in [0.1, 0.15) is 44.6 Å². The summed E-state index contributed by atoms with van der Waals surface area (Å²) in [5.41, 5.74) is 0.644. The lowest BCUT2D eigenvalue weighted by Gasteiger charge is -2.37. The lowest BCUT2D eigenvalue weighted by Crippen LogP contribution is -2.43. The first kappa shape index (κ1) is 18.2. The molecule has 25 heavy (non-hydrogen) atoms. The van der Waals surface area contributed by atoms with E-state index in [2.05, 4.69) is 9.74 Å². The Bertz CT molecular complexity index is 661. The number of rotatable bonds is 2. The van der Waals surface area contributed by atoms with Gasteiger partial charge in [0.2, 0.25) is 5.91 Å². The van der Waals surface area contributed by atoms with Crippen LogP contribution in [0.4, 0.5) is 0 Å². The lowest BCUT2D eigenvalue weighted by atomic mass is 9.75. The van der Waals surface area contributed by atoms with E-state index >= 15 is 0 Å². The molecule has 134 valence electrons. The van der Waals surface area contributed by atoms with Gasteiger partial charge in [-0.2, -0.15) is 0 Å². The van der Waals surface area contributed by atoms with Crippen LogP contribution >= 0.6 is 11.6 Å². The van der Waals surface area contributed by atoms with Gasteiger partial charge in [0.15, 0.2) is 0 Å². The second-order valence-electron chi connectivity index (χ2n) is 7.28. The van der Waals surface area contributed by atoms with E-state index in [0.717, 1.165) is 63.8 Å². The van der Waals surface area contributed by atoms with Crippen LogP contribution in [0.2, 0.25) is 5.02 Å². The summed E-state index contributed by atoms with van der Waals surface area (Å²) in [6, 6.07) is 8.34. The molecule has 0 spiro atoms. The second kappa shape index (κ2) is 7.76. The summed E-state index contributed by atoms with van der Waals surface area (Å²) in [5, 5.41) is 0.708. The molecule has 1 aromatic carbocycles. The highest BCUT2D eigenvalue weighted by Gasteiger charge is 2.44. The smallest absolute Gasteiger partial charge is 0.257 e. The van der Waals surface area contributed by atoms with Crippen molar-refractivity contribution in [3.05, 3.63) is 46.3 Å². The van der Waals surface area contributed by atoms with E-state index in [1.807, 2.05) is 29.2 Å². The Balaban J connectivity index is 1.65. The fourth-order valence-corrected chi connectivity index (χ4v) is 4.50. The second-order valence-corrected chi connectivity index (χ2v) is 7.72. The quantitative estimate of drug-likeness (QED) is 0.748. The van der Waals surface area contributed by atoms with Crippen molar-refractivity contribution >= 4 is 17.5 Å². The summed E-state index contributed by atoms with van der Waals surface area (Å²) in [5.74, 6) is 0.179. The van der Waals surface area contributed by atoms with Crippen LogP contribution in [0.3, 0.4) is 0 Å². The van der Waals surface area contributed by atoms with Gasteiger partial charge in [0, 0.05) is 62.6 Å². The molecule has 0 aromatic heterocycles. The Morgan fingerprint density at radius 1 is 1.24 bits per heavy atom. The number of hydrogen-bond acceptors (Lipinski definition) is 2. The van der Waals surface area contributed by atoms with E-state index in [4.69, 9.17) is 18.2 Å². The molecule has 1 aliphatic carbocycles. The number of hydrogen-bond donors (Lipinski definition) is 0. The van der Waals surface area contributed by atoms with Crippen molar-refractivity contribution in [2.45, 2.75) is 50.6 Å². The normalized spacial score (nSPS) is 28.2. The highest BCUT2D eigenvalue weighted by atomic mass is 35.5. The zero-order valence-corrected chi connectivity index (χ0v) is 15.6. The topological polar surface area (TPSA) is 27.9 Å². The van der Waals surface area contributed by atoms with Crippen molar-refractivity contribution in [2.24, 2.45) is 0 Å². The minimum absolute atomic E-state index is 0.179. The van der Waals surface area contributed by atoms with Crippen LogP contribution in [0.5, 0.6) is 0 Å². The third-order valence-corrected chi connectivity index (χ3v) is 6.09. The van der Waals surface area contributed by atoms with E-state index in [1.54, 1.807) is 6.92 Å². The average molecular weight is 360 g/mol. The van der Waals surface area contributed by atoms with Crippen molar-refractivity contribution in [1.82, 2.24) is 9.80 Å². The summed E-state index contributed by atoms with van der Waals surface area (Å²) < 4.78 is 0. The van der Waals surface area contributed by atoms with Crippen LogP contribution in [-0.2, 0) is 10.3 Å². The predicted molar refractivity (Wildman–Crippen MR) is 100 cm³/mol. The molecule has 2 aliphatic rings. The summed E-state index contributed by atoms with van der Waals surface area (Å²) in [6.07, 6.45) is 4.88. The van der Waals surface area contributed by atoms with E-state index in [1.165, 1.54) is 0 Å². The maximum atomic E-state index is 11.6. The van der Waals surface area contributed by atoms with Gasteiger partial charge in [0.25, 0.3) is 5.54 Å². The first-order valence-electron chi connectivity index (χ1n) is 9.18. The highest BCUT2D eigenvalue weighted by molar-refractivity contribution is 6.30. The molecule has 1 saturated heterocycles. The van der Waals surface area contributed by atoms with Crippen molar-refractivity contribution in [2.75, 3.05) is 26.2 Å². The molecule has 5 heteroatoms. The van der Waals surface area contributed by atoms with Crippen LogP contribution in [-0.4, -0.2) is 47.9 Å². The number of benzene rings is 1.